The maximum atomic E-state index is 10.7. The average molecular weight is 238 g/mol. The van der Waals surface area contributed by atoms with Gasteiger partial charge in [0.25, 0.3) is 0 Å². The molecule has 0 spiro atoms. The maximum Gasteiger partial charge on any atom is 0.354 e. The molecule has 0 fully saturated rings. The lowest BCUT2D eigenvalue weighted by Gasteiger charge is -2.17. The molecule has 0 saturated carbocycles. The van der Waals surface area contributed by atoms with E-state index in [0.29, 0.717) is 12.5 Å². The molecule has 0 aliphatic rings. The van der Waals surface area contributed by atoms with Gasteiger partial charge in [0.05, 0.1) is 0 Å². The predicted octanol–water partition coefficient (Wildman–Crippen LogP) is 1.50. The van der Waals surface area contributed by atoms with Crippen LogP contribution in [-0.2, 0) is 0 Å². The zero-order chi connectivity index (χ0) is 12.7. The Morgan fingerprint density at radius 2 is 2.12 bits per heavy atom. The van der Waals surface area contributed by atoms with Gasteiger partial charge in [-0.05, 0) is 19.2 Å². The number of rotatable bonds is 7. The summed E-state index contributed by atoms with van der Waals surface area (Å²) in [4.78, 5) is 16.8. The molecule has 0 saturated heterocycles. The fraction of sp³-hybridized carbons (Fsp3) is 0.500. The van der Waals surface area contributed by atoms with E-state index in [1.165, 1.54) is 6.07 Å². The van der Waals surface area contributed by atoms with Gasteiger partial charge in [0.15, 0.2) is 5.69 Å². The van der Waals surface area contributed by atoms with Crippen LogP contribution in [0, 0.1) is 0 Å². The van der Waals surface area contributed by atoms with E-state index in [-0.39, 0.29) is 5.69 Å². The smallest absolute Gasteiger partial charge is 0.354 e. The third-order valence-corrected chi connectivity index (χ3v) is 2.49. The fourth-order valence-electron chi connectivity index (χ4n) is 1.43. The quantitative estimate of drug-likeness (QED) is 0.780. The number of carboxylic acid groups (broad SMARTS) is 1. The van der Waals surface area contributed by atoms with Crippen molar-refractivity contribution < 1.29 is 14.6 Å². The summed E-state index contributed by atoms with van der Waals surface area (Å²) < 4.78 is 5.41. The van der Waals surface area contributed by atoms with Gasteiger partial charge in [-0.2, -0.15) is 0 Å². The number of aromatic nitrogens is 1. The van der Waals surface area contributed by atoms with Gasteiger partial charge >= 0.3 is 5.97 Å². The standard InChI is InChI=1S/C12H18N2O3/c1-3-14(4-2)8-9-17-11-7-5-6-10(13-11)12(15)16/h5-7H,3-4,8-9H2,1-2H3,(H,15,16). The van der Waals surface area contributed by atoms with E-state index in [0.717, 1.165) is 19.6 Å². The van der Waals surface area contributed by atoms with Gasteiger partial charge in [-0.1, -0.05) is 19.9 Å². The number of pyridine rings is 1. The van der Waals surface area contributed by atoms with Crippen LogP contribution in [0.1, 0.15) is 24.3 Å². The molecule has 1 aromatic rings. The van der Waals surface area contributed by atoms with Crippen molar-refractivity contribution in [3.63, 3.8) is 0 Å². The summed E-state index contributed by atoms with van der Waals surface area (Å²) in [5.74, 6) is -0.684. The summed E-state index contributed by atoms with van der Waals surface area (Å²) in [5, 5.41) is 8.77. The molecular weight excluding hydrogens is 220 g/mol. The number of nitrogens with zero attached hydrogens (tertiary/aromatic N) is 2. The molecule has 0 radical (unpaired) electrons. The lowest BCUT2D eigenvalue weighted by molar-refractivity contribution is 0.0689. The van der Waals surface area contributed by atoms with Crippen LogP contribution in [0.3, 0.4) is 0 Å². The molecule has 94 valence electrons. The molecule has 0 aliphatic heterocycles. The highest BCUT2D eigenvalue weighted by Crippen LogP contribution is 2.07. The largest absolute Gasteiger partial charge is 0.477 e. The van der Waals surface area contributed by atoms with Gasteiger partial charge in [-0.25, -0.2) is 9.78 Å². The average Bonchev–Trinajstić information content (AvgIpc) is 2.35. The van der Waals surface area contributed by atoms with E-state index in [4.69, 9.17) is 9.84 Å². The van der Waals surface area contributed by atoms with Crippen molar-refractivity contribution in [1.82, 2.24) is 9.88 Å². The van der Waals surface area contributed by atoms with Crippen LogP contribution in [0.15, 0.2) is 18.2 Å². The highest BCUT2D eigenvalue weighted by atomic mass is 16.5. The van der Waals surface area contributed by atoms with E-state index >= 15 is 0 Å². The number of hydrogen-bond acceptors (Lipinski definition) is 4. The van der Waals surface area contributed by atoms with Crippen LogP contribution in [0.2, 0.25) is 0 Å². The SMILES string of the molecule is CCN(CC)CCOc1cccc(C(=O)O)n1. The van der Waals surface area contributed by atoms with Crippen LogP contribution < -0.4 is 4.74 Å². The van der Waals surface area contributed by atoms with E-state index in [2.05, 4.69) is 23.7 Å². The van der Waals surface area contributed by atoms with Crippen molar-refractivity contribution in [1.29, 1.82) is 0 Å². The number of ether oxygens (including phenoxy) is 1. The lowest BCUT2D eigenvalue weighted by atomic mass is 10.3. The van der Waals surface area contributed by atoms with Crippen molar-refractivity contribution in [3.05, 3.63) is 23.9 Å². The molecule has 1 N–H and O–H groups in total. The first-order chi connectivity index (χ1) is 8.17. The summed E-state index contributed by atoms with van der Waals surface area (Å²) in [6, 6.07) is 4.73. The summed E-state index contributed by atoms with van der Waals surface area (Å²) in [6.07, 6.45) is 0. The summed E-state index contributed by atoms with van der Waals surface area (Å²) >= 11 is 0. The minimum atomic E-state index is -1.04. The Bertz CT molecular complexity index is 365. The van der Waals surface area contributed by atoms with Crippen LogP contribution in [0.5, 0.6) is 5.88 Å². The molecule has 0 aliphatic carbocycles. The van der Waals surface area contributed by atoms with E-state index in [1.807, 2.05) is 0 Å². The zero-order valence-electron chi connectivity index (χ0n) is 10.2. The molecule has 17 heavy (non-hydrogen) atoms. The van der Waals surface area contributed by atoms with Gasteiger partial charge in [-0.15, -0.1) is 0 Å². The lowest BCUT2D eigenvalue weighted by Crippen LogP contribution is -2.28. The molecule has 0 aromatic carbocycles. The molecule has 5 heteroatoms. The van der Waals surface area contributed by atoms with Crippen molar-refractivity contribution in [2.45, 2.75) is 13.8 Å². The third-order valence-electron chi connectivity index (χ3n) is 2.49. The Labute approximate surface area is 101 Å². The maximum absolute atomic E-state index is 10.7. The second kappa shape index (κ2) is 6.85. The van der Waals surface area contributed by atoms with E-state index < -0.39 is 5.97 Å². The number of carbonyl (C=O) groups is 1. The topological polar surface area (TPSA) is 62.7 Å². The minimum Gasteiger partial charge on any atom is -0.477 e. The molecule has 0 atom stereocenters. The summed E-state index contributed by atoms with van der Waals surface area (Å²) in [6.45, 7) is 7.45. The fourth-order valence-corrected chi connectivity index (χ4v) is 1.43. The van der Waals surface area contributed by atoms with Crippen LogP contribution in [0.4, 0.5) is 0 Å². The van der Waals surface area contributed by atoms with Gasteiger partial charge < -0.3 is 14.7 Å². The number of aromatic carboxylic acids is 1. The van der Waals surface area contributed by atoms with E-state index in [9.17, 15) is 4.79 Å². The highest BCUT2D eigenvalue weighted by molar-refractivity contribution is 5.85. The third kappa shape index (κ3) is 4.40. The van der Waals surface area contributed by atoms with Crippen LogP contribution in [-0.4, -0.2) is 47.2 Å². The van der Waals surface area contributed by atoms with Crippen LogP contribution in [0.25, 0.3) is 0 Å². The first kappa shape index (κ1) is 13.4. The Morgan fingerprint density at radius 3 is 2.71 bits per heavy atom. The summed E-state index contributed by atoms with van der Waals surface area (Å²) in [7, 11) is 0. The molecular formula is C12H18N2O3. The molecule has 5 nitrogen and oxygen atoms in total. The Morgan fingerprint density at radius 1 is 1.41 bits per heavy atom. The Hall–Kier alpha value is -1.62. The number of hydrogen-bond donors (Lipinski definition) is 1. The number of likely N-dealkylation sites (N-methyl/N-ethyl adjacent to an activating group) is 1. The van der Waals surface area contributed by atoms with Crippen LogP contribution >= 0.6 is 0 Å². The Balaban J connectivity index is 2.46. The monoisotopic (exact) mass is 238 g/mol. The van der Waals surface area contributed by atoms with Crippen molar-refractivity contribution in [2.24, 2.45) is 0 Å². The van der Waals surface area contributed by atoms with Crippen molar-refractivity contribution in [3.8, 4) is 5.88 Å². The molecule has 1 heterocycles. The molecule has 1 rings (SSSR count). The first-order valence-corrected chi connectivity index (χ1v) is 5.72. The van der Waals surface area contributed by atoms with Crippen molar-refractivity contribution in [2.75, 3.05) is 26.2 Å². The first-order valence-electron chi connectivity index (χ1n) is 5.72. The summed E-state index contributed by atoms with van der Waals surface area (Å²) in [5.41, 5.74) is 0.00494. The highest BCUT2D eigenvalue weighted by Gasteiger charge is 2.06. The van der Waals surface area contributed by atoms with Gasteiger partial charge in [-0.3, -0.25) is 0 Å². The number of carboxylic acids is 1. The van der Waals surface area contributed by atoms with Gasteiger partial charge in [0.1, 0.15) is 6.61 Å². The second-order valence-corrected chi connectivity index (χ2v) is 3.54. The van der Waals surface area contributed by atoms with Gasteiger partial charge in [0, 0.05) is 12.6 Å². The molecule has 0 amide bonds. The minimum absolute atomic E-state index is 0.00494. The van der Waals surface area contributed by atoms with Crippen molar-refractivity contribution >= 4 is 5.97 Å². The Kier molecular flexibility index (Phi) is 5.42. The molecule has 0 unspecified atom stereocenters. The molecule has 1 aromatic heterocycles. The van der Waals surface area contributed by atoms with Gasteiger partial charge in [0.2, 0.25) is 5.88 Å². The zero-order valence-corrected chi connectivity index (χ0v) is 10.2. The second-order valence-electron chi connectivity index (χ2n) is 3.54. The van der Waals surface area contributed by atoms with E-state index in [1.54, 1.807) is 12.1 Å². The molecule has 0 bridgehead atoms. The normalized spacial score (nSPS) is 10.5. The predicted molar refractivity (Wildman–Crippen MR) is 64.5 cm³/mol.